The van der Waals surface area contributed by atoms with Gasteiger partial charge in [0.25, 0.3) is 0 Å². The predicted octanol–water partition coefficient (Wildman–Crippen LogP) is 6.69. The Bertz CT molecular complexity index is 212. The van der Waals surface area contributed by atoms with Gasteiger partial charge in [0, 0.05) is 0 Å². The molecular formula is C18H38. The van der Waals surface area contributed by atoms with Gasteiger partial charge in [0.05, 0.1) is 0 Å². The van der Waals surface area contributed by atoms with E-state index in [-0.39, 0.29) is 0 Å². The summed E-state index contributed by atoms with van der Waals surface area (Å²) < 4.78 is 0. The fourth-order valence-electron chi connectivity index (χ4n) is 3.18. The van der Waals surface area contributed by atoms with Crippen molar-refractivity contribution in [3.05, 3.63) is 0 Å². The predicted molar refractivity (Wildman–Crippen MR) is 84.9 cm³/mol. The second-order valence-electron chi connectivity index (χ2n) is 7.65. The fourth-order valence-corrected chi connectivity index (χ4v) is 3.18. The van der Waals surface area contributed by atoms with Crippen LogP contribution < -0.4 is 0 Å². The molecule has 0 aromatic rings. The third kappa shape index (κ3) is 4.94. The Kier molecular flexibility index (Phi) is 7.56. The van der Waals surface area contributed by atoms with E-state index in [1.165, 1.54) is 38.5 Å². The van der Waals surface area contributed by atoms with E-state index in [9.17, 15) is 0 Å². The summed E-state index contributed by atoms with van der Waals surface area (Å²) in [6.07, 6.45) is 8.24. The molecule has 110 valence electrons. The van der Waals surface area contributed by atoms with E-state index in [1.807, 2.05) is 0 Å². The van der Waals surface area contributed by atoms with Gasteiger partial charge in [-0.1, -0.05) is 87.5 Å². The molecule has 2 atom stereocenters. The first kappa shape index (κ1) is 18.0. The molecule has 0 aliphatic rings. The maximum absolute atomic E-state index is 2.48. The molecule has 0 aromatic heterocycles. The zero-order chi connectivity index (χ0) is 14.4. The van der Waals surface area contributed by atoms with Gasteiger partial charge in [-0.15, -0.1) is 0 Å². The normalized spacial score (nSPS) is 16.7. The second-order valence-corrected chi connectivity index (χ2v) is 7.65. The molecule has 0 heterocycles. The lowest BCUT2D eigenvalue weighted by atomic mass is 9.59. The number of hydrogen-bond acceptors (Lipinski definition) is 0. The average molecular weight is 255 g/mol. The van der Waals surface area contributed by atoms with Crippen molar-refractivity contribution in [2.45, 2.75) is 93.9 Å². The molecule has 0 spiro atoms. The van der Waals surface area contributed by atoms with Crippen LogP contribution in [0.2, 0.25) is 0 Å². The molecule has 0 aromatic carbocycles. The van der Waals surface area contributed by atoms with E-state index in [0.29, 0.717) is 10.8 Å². The molecule has 0 bridgehead atoms. The molecule has 0 radical (unpaired) electrons. The largest absolute Gasteiger partial charge is 0.0654 e. The van der Waals surface area contributed by atoms with Crippen molar-refractivity contribution in [3.8, 4) is 0 Å². The Morgan fingerprint density at radius 2 is 1.39 bits per heavy atom. The van der Waals surface area contributed by atoms with E-state index in [1.54, 1.807) is 0 Å². The topological polar surface area (TPSA) is 0 Å². The summed E-state index contributed by atoms with van der Waals surface area (Å²) in [5, 5.41) is 0. The minimum absolute atomic E-state index is 0.447. The van der Waals surface area contributed by atoms with Gasteiger partial charge < -0.3 is 0 Å². The summed E-state index contributed by atoms with van der Waals surface area (Å²) in [6, 6.07) is 0. The van der Waals surface area contributed by atoms with Crippen LogP contribution in [0.25, 0.3) is 0 Å². The summed E-state index contributed by atoms with van der Waals surface area (Å²) in [6.45, 7) is 19.4. The van der Waals surface area contributed by atoms with Crippen LogP contribution in [0.15, 0.2) is 0 Å². The van der Waals surface area contributed by atoms with Gasteiger partial charge >= 0.3 is 0 Å². The first-order valence-corrected chi connectivity index (χ1v) is 8.20. The monoisotopic (exact) mass is 254 g/mol. The van der Waals surface area contributed by atoms with Gasteiger partial charge in [-0.05, 0) is 29.1 Å². The Morgan fingerprint density at radius 1 is 0.833 bits per heavy atom. The van der Waals surface area contributed by atoms with Gasteiger partial charge in [-0.25, -0.2) is 0 Å². The zero-order valence-corrected chi connectivity index (χ0v) is 14.4. The Balaban J connectivity index is 4.48. The van der Waals surface area contributed by atoms with Crippen LogP contribution in [-0.4, -0.2) is 0 Å². The number of unbranched alkanes of at least 4 members (excludes halogenated alkanes) is 3. The van der Waals surface area contributed by atoms with Crippen LogP contribution >= 0.6 is 0 Å². The maximum atomic E-state index is 2.48. The Labute approximate surface area is 117 Å². The van der Waals surface area contributed by atoms with Crippen LogP contribution in [0.3, 0.4) is 0 Å². The van der Waals surface area contributed by atoms with Gasteiger partial charge in [-0.2, -0.15) is 0 Å². The highest BCUT2D eigenvalue weighted by atomic mass is 14.4. The van der Waals surface area contributed by atoms with E-state index in [0.717, 1.165) is 11.8 Å². The highest BCUT2D eigenvalue weighted by Gasteiger charge is 2.39. The summed E-state index contributed by atoms with van der Waals surface area (Å²) in [5.74, 6) is 1.59. The van der Waals surface area contributed by atoms with E-state index >= 15 is 0 Å². The van der Waals surface area contributed by atoms with E-state index < -0.39 is 0 Å². The van der Waals surface area contributed by atoms with Crippen molar-refractivity contribution in [1.82, 2.24) is 0 Å². The van der Waals surface area contributed by atoms with Crippen LogP contribution in [-0.2, 0) is 0 Å². The molecule has 0 aliphatic heterocycles. The third-order valence-electron chi connectivity index (χ3n) is 5.85. The number of rotatable bonds is 9. The van der Waals surface area contributed by atoms with Crippen molar-refractivity contribution in [2.24, 2.45) is 22.7 Å². The minimum atomic E-state index is 0.447. The van der Waals surface area contributed by atoms with Crippen molar-refractivity contribution in [3.63, 3.8) is 0 Å². The van der Waals surface area contributed by atoms with Crippen molar-refractivity contribution in [2.75, 3.05) is 0 Å². The second kappa shape index (κ2) is 7.56. The lowest BCUT2D eigenvalue weighted by molar-refractivity contribution is 0.0329. The smallest absolute Gasteiger partial charge is 0.0298 e. The van der Waals surface area contributed by atoms with Gasteiger partial charge in [-0.3, -0.25) is 0 Å². The van der Waals surface area contributed by atoms with E-state index in [4.69, 9.17) is 0 Å². The quantitative estimate of drug-likeness (QED) is 0.402. The van der Waals surface area contributed by atoms with E-state index in [2.05, 4.69) is 55.4 Å². The van der Waals surface area contributed by atoms with Crippen LogP contribution in [0.1, 0.15) is 93.9 Å². The SMILES string of the molecule is CCCCCCC(C)(C)C(C)C(C)(C)C(C)CC. The molecule has 0 aliphatic carbocycles. The molecule has 18 heavy (non-hydrogen) atoms. The maximum Gasteiger partial charge on any atom is -0.0298 e. The van der Waals surface area contributed by atoms with Gasteiger partial charge in [0.2, 0.25) is 0 Å². The first-order valence-electron chi connectivity index (χ1n) is 8.20. The first-order chi connectivity index (χ1) is 8.20. The molecule has 0 saturated heterocycles. The van der Waals surface area contributed by atoms with Gasteiger partial charge in [0.1, 0.15) is 0 Å². The number of hydrogen-bond donors (Lipinski definition) is 0. The molecule has 0 heteroatoms. The molecular weight excluding hydrogens is 216 g/mol. The summed E-state index contributed by atoms with van der Waals surface area (Å²) >= 11 is 0. The Morgan fingerprint density at radius 3 is 1.83 bits per heavy atom. The third-order valence-corrected chi connectivity index (χ3v) is 5.85. The van der Waals surface area contributed by atoms with Crippen LogP contribution in [0.4, 0.5) is 0 Å². The molecule has 0 rings (SSSR count). The summed E-state index contributed by atoms with van der Waals surface area (Å²) in [5.41, 5.74) is 0.920. The van der Waals surface area contributed by atoms with Crippen LogP contribution in [0.5, 0.6) is 0 Å². The van der Waals surface area contributed by atoms with Crippen molar-refractivity contribution in [1.29, 1.82) is 0 Å². The van der Waals surface area contributed by atoms with Crippen molar-refractivity contribution < 1.29 is 0 Å². The van der Waals surface area contributed by atoms with Crippen LogP contribution in [0, 0.1) is 22.7 Å². The standard InChI is InChI=1S/C18H38/c1-9-11-12-13-14-17(5,6)16(4)18(7,8)15(3)10-2/h15-16H,9-14H2,1-8H3. The molecule has 0 saturated carbocycles. The highest BCUT2D eigenvalue weighted by molar-refractivity contribution is 4.88. The Hall–Kier alpha value is 0. The summed E-state index contributed by atoms with van der Waals surface area (Å²) in [7, 11) is 0. The molecule has 2 unspecified atom stereocenters. The van der Waals surface area contributed by atoms with Gasteiger partial charge in [0.15, 0.2) is 0 Å². The minimum Gasteiger partial charge on any atom is -0.0654 e. The molecule has 0 fully saturated rings. The van der Waals surface area contributed by atoms with Crippen molar-refractivity contribution >= 4 is 0 Å². The zero-order valence-electron chi connectivity index (χ0n) is 14.4. The molecule has 0 amide bonds. The fraction of sp³-hybridized carbons (Fsp3) is 1.00. The lowest BCUT2D eigenvalue weighted by Gasteiger charge is -2.46. The molecule has 0 nitrogen and oxygen atoms in total. The lowest BCUT2D eigenvalue weighted by Crippen LogP contribution is -2.38. The summed E-state index contributed by atoms with van der Waals surface area (Å²) in [4.78, 5) is 0. The molecule has 0 N–H and O–H groups in total. The highest BCUT2D eigenvalue weighted by Crippen LogP contribution is 2.47. The average Bonchev–Trinajstić information content (AvgIpc) is 2.32.